The van der Waals surface area contributed by atoms with Gasteiger partial charge in [0, 0.05) is 24.1 Å². The Balaban J connectivity index is 1.75. The van der Waals surface area contributed by atoms with Gasteiger partial charge in [-0.1, -0.05) is 0 Å². The van der Waals surface area contributed by atoms with Crippen molar-refractivity contribution in [1.29, 1.82) is 0 Å². The Morgan fingerprint density at radius 2 is 2.17 bits per heavy atom. The number of pyridine rings is 2. The summed E-state index contributed by atoms with van der Waals surface area (Å²) in [7, 11) is 0. The maximum absolute atomic E-state index is 12.9. The van der Waals surface area contributed by atoms with Crippen LogP contribution in [0.5, 0.6) is 0 Å². The SMILES string of the molecule is C[C@H]1COCCCN1C(=O)c1cc2c3c(c(N)nc2cn1)COC3. The number of rotatable bonds is 1. The van der Waals surface area contributed by atoms with Crippen LogP contribution in [0.4, 0.5) is 5.82 Å². The molecule has 0 spiro atoms. The first-order valence-corrected chi connectivity index (χ1v) is 8.18. The van der Waals surface area contributed by atoms with Crippen LogP contribution in [-0.2, 0) is 22.7 Å². The summed E-state index contributed by atoms with van der Waals surface area (Å²) in [5, 5.41) is 0.897. The third kappa shape index (κ3) is 2.50. The minimum atomic E-state index is -0.0700. The number of aromatic nitrogens is 2. The average molecular weight is 328 g/mol. The lowest BCUT2D eigenvalue weighted by atomic mass is 10.1. The zero-order valence-electron chi connectivity index (χ0n) is 13.6. The average Bonchev–Trinajstić information content (AvgIpc) is 2.98. The van der Waals surface area contributed by atoms with Crippen molar-refractivity contribution in [2.45, 2.75) is 32.6 Å². The van der Waals surface area contributed by atoms with E-state index in [1.54, 1.807) is 6.20 Å². The van der Waals surface area contributed by atoms with E-state index < -0.39 is 0 Å². The number of hydrogen-bond donors (Lipinski definition) is 1. The monoisotopic (exact) mass is 328 g/mol. The maximum Gasteiger partial charge on any atom is 0.272 e. The fraction of sp³-hybridized carbons (Fsp3) is 0.471. The standard InChI is InChI=1S/C17H20N4O3/c1-10-7-23-4-2-3-21(10)17(22)14-5-11-12-8-24-9-13(12)16(18)20-15(11)6-19-14/h5-6,10H,2-4,7-9H2,1H3,(H2,18,20)/t10-/m0/s1. The first kappa shape index (κ1) is 15.3. The number of ether oxygens (including phenoxy) is 2. The molecule has 7 nitrogen and oxygen atoms in total. The van der Waals surface area contributed by atoms with Crippen LogP contribution >= 0.6 is 0 Å². The van der Waals surface area contributed by atoms with Gasteiger partial charge in [0.1, 0.15) is 11.5 Å². The third-order valence-electron chi connectivity index (χ3n) is 4.67. The molecule has 0 aliphatic carbocycles. The van der Waals surface area contributed by atoms with Crippen LogP contribution in [0.25, 0.3) is 10.9 Å². The van der Waals surface area contributed by atoms with Crippen molar-refractivity contribution >= 4 is 22.6 Å². The molecule has 126 valence electrons. The number of carbonyl (C=O) groups is 1. The van der Waals surface area contributed by atoms with E-state index >= 15 is 0 Å². The van der Waals surface area contributed by atoms with Crippen molar-refractivity contribution in [3.8, 4) is 0 Å². The van der Waals surface area contributed by atoms with Crippen molar-refractivity contribution in [2.24, 2.45) is 0 Å². The highest BCUT2D eigenvalue weighted by Crippen LogP contribution is 2.31. The lowest BCUT2D eigenvalue weighted by molar-refractivity contribution is 0.0628. The predicted molar refractivity (Wildman–Crippen MR) is 88.4 cm³/mol. The number of hydrogen-bond acceptors (Lipinski definition) is 6. The van der Waals surface area contributed by atoms with E-state index in [4.69, 9.17) is 15.2 Å². The van der Waals surface area contributed by atoms with E-state index in [-0.39, 0.29) is 11.9 Å². The molecule has 1 saturated heterocycles. The summed E-state index contributed by atoms with van der Waals surface area (Å²) in [6.07, 6.45) is 2.46. The van der Waals surface area contributed by atoms with E-state index in [0.29, 0.717) is 50.0 Å². The highest BCUT2D eigenvalue weighted by molar-refractivity contribution is 5.97. The molecule has 0 unspecified atom stereocenters. The maximum atomic E-state index is 12.9. The second-order valence-corrected chi connectivity index (χ2v) is 6.31. The summed E-state index contributed by atoms with van der Waals surface area (Å²) >= 11 is 0. The molecule has 4 heterocycles. The van der Waals surface area contributed by atoms with Gasteiger partial charge < -0.3 is 20.1 Å². The molecule has 1 fully saturated rings. The van der Waals surface area contributed by atoms with Gasteiger partial charge in [0.05, 0.1) is 37.6 Å². The van der Waals surface area contributed by atoms with Crippen molar-refractivity contribution < 1.29 is 14.3 Å². The highest BCUT2D eigenvalue weighted by atomic mass is 16.5. The summed E-state index contributed by atoms with van der Waals surface area (Å²) in [5.41, 5.74) is 9.04. The van der Waals surface area contributed by atoms with Gasteiger partial charge in [0.2, 0.25) is 0 Å². The van der Waals surface area contributed by atoms with Gasteiger partial charge in [-0.15, -0.1) is 0 Å². The van der Waals surface area contributed by atoms with Crippen molar-refractivity contribution in [3.63, 3.8) is 0 Å². The molecule has 2 aromatic rings. The predicted octanol–water partition coefficient (Wildman–Crippen LogP) is 1.49. The first-order chi connectivity index (χ1) is 11.6. The molecule has 0 bridgehead atoms. The van der Waals surface area contributed by atoms with E-state index in [2.05, 4.69) is 9.97 Å². The van der Waals surface area contributed by atoms with Crippen LogP contribution in [0.15, 0.2) is 12.3 Å². The van der Waals surface area contributed by atoms with Crippen molar-refractivity contribution in [3.05, 3.63) is 29.1 Å². The number of anilines is 1. The van der Waals surface area contributed by atoms with Crippen LogP contribution in [0.2, 0.25) is 0 Å². The van der Waals surface area contributed by atoms with Crippen LogP contribution in [0, 0.1) is 0 Å². The topological polar surface area (TPSA) is 90.6 Å². The van der Waals surface area contributed by atoms with Crippen LogP contribution in [0.3, 0.4) is 0 Å². The van der Waals surface area contributed by atoms with Gasteiger partial charge >= 0.3 is 0 Å². The quantitative estimate of drug-likeness (QED) is 0.853. The van der Waals surface area contributed by atoms with Crippen molar-refractivity contribution in [2.75, 3.05) is 25.5 Å². The molecule has 7 heteroatoms. The molecule has 0 aromatic carbocycles. The molecule has 2 aliphatic heterocycles. The second kappa shape index (κ2) is 5.99. The number of nitrogen functional groups attached to an aromatic ring is 1. The van der Waals surface area contributed by atoms with Crippen molar-refractivity contribution in [1.82, 2.24) is 14.9 Å². The van der Waals surface area contributed by atoms with Gasteiger partial charge in [-0.25, -0.2) is 9.97 Å². The Kier molecular flexibility index (Phi) is 3.82. The highest BCUT2D eigenvalue weighted by Gasteiger charge is 2.26. The number of nitrogens with zero attached hydrogens (tertiary/aromatic N) is 3. The van der Waals surface area contributed by atoms with Gasteiger partial charge in [-0.2, -0.15) is 0 Å². The minimum Gasteiger partial charge on any atom is -0.383 e. The number of nitrogens with two attached hydrogens (primary N) is 1. The molecule has 2 aliphatic rings. The van der Waals surface area contributed by atoms with Gasteiger partial charge in [0.15, 0.2) is 0 Å². The summed E-state index contributed by atoms with van der Waals surface area (Å²) in [5.74, 6) is 0.411. The van der Waals surface area contributed by atoms with E-state index in [1.807, 2.05) is 17.9 Å². The number of carbonyl (C=O) groups excluding carboxylic acids is 1. The largest absolute Gasteiger partial charge is 0.383 e. The lowest BCUT2D eigenvalue weighted by Gasteiger charge is -2.26. The molecule has 2 N–H and O–H groups in total. The smallest absolute Gasteiger partial charge is 0.272 e. The Morgan fingerprint density at radius 3 is 3.04 bits per heavy atom. The van der Waals surface area contributed by atoms with Gasteiger partial charge in [0.25, 0.3) is 5.91 Å². The molecular weight excluding hydrogens is 308 g/mol. The van der Waals surface area contributed by atoms with Gasteiger partial charge in [-0.05, 0) is 25.0 Å². The molecular formula is C17H20N4O3. The fourth-order valence-electron chi connectivity index (χ4n) is 3.34. The Hall–Kier alpha value is -2.25. The molecule has 2 aromatic heterocycles. The molecule has 4 rings (SSSR count). The normalized spacial score (nSPS) is 20.9. The first-order valence-electron chi connectivity index (χ1n) is 8.18. The summed E-state index contributed by atoms with van der Waals surface area (Å²) in [4.78, 5) is 23.4. The van der Waals surface area contributed by atoms with Crippen LogP contribution < -0.4 is 5.73 Å². The zero-order valence-corrected chi connectivity index (χ0v) is 13.6. The molecule has 24 heavy (non-hydrogen) atoms. The van der Waals surface area contributed by atoms with Gasteiger partial charge in [-0.3, -0.25) is 4.79 Å². The number of fused-ring (bicyclic) bond motifs is 3. The van der Waals surface area contributed by atoms with E-state index in [0.717, 1.165) is 22.9 Å². The second-order valence-electron chi connectivity index (χ2n) is 6.31. The minimum absolute atomic E-state index is 0.0380. The molecule has 1 atom stereocenters. The lowest BCUT2D eigenvalue weighted by Crippen LogP contribution is -2.40. The van der Waals surface area contributed by atoms with E-state index in [1.165, 1.54) is 0 Å². The third-order valence-corrected chi connectivity index (χ3v) is 4.67. The van der Waals surface area contributed by atoms with E-state index in [9.17, 15) is 4.79 Å². The number of amides is 1. The Bertz CT molecular complexity index is 808. The summed E-state index contributed by atoms with van der Waals surface area (Å²) < 4.78 is 11.0. The Labute approximate surface area is 139 Å². The molecule has 1 amide bonds. The van der Waals surface area contributed by atoms with Crippen LogP contribution in [0.1, 0.15) is 35.0 Å². The molecule has 0 saturated carbocycles. The van der Waals surface area contributed by atoms with Crippen LogP contribution in [-0.4, -0.2) is 46.6 Å². The summed E-state index contributed by atoms with van der Waals surface area (Å²) in [6.45, 7) is 4.88. The Morgan fingerprint density at radius 1 is 1.33 bits per heavy atom. The molecule has 0 radical (unpaired) electrons. The fourth-order valence-corrected chi connectivity index (χ4v) is 3.34. The zero-order chi connectivity index (χ0) is 16.7. The summed E-state index contributed by atoms with van der Waals surface area (Å²) in [6, 6.07) is 1.85.